The van der Waals surface area contributed by atoms with Gasteiger partial charge in [-0.1, -0.05) is 0 Å². The summed E-state index contributed by atoms with van der Waals surface area (Å²) in [4.78, 5) is 13.2. The third-order valence-corrected chi connectivity index (χ3v) is 2.25. The summed E-state index contributed by atoms with van der Waals surface area (Å²) >= 11 is 1.56. The zero-order valence-electron chi connectivity index (χ0n) is 5.50. The molecule has 2 heterocycles. The van der Waals surface area contributed by atoms with Crippen molar-refractivity contribution in [3.8, 4) is 0 Å². The molecule has 0 aliphatic carbocycles. The monoisotopic (exact) mass is 167 g/mol. The van der Waals surface area contributed by atoms with Gasteiger partial charge in [-0.3, -0.25) is 0 Å². The summed E-state index contributed by atoms with van der Waals surface area (Å²) in [5.74, 6) is -0.911. The molecule has 0 fully saturated rings. The van der Waals surface area contributed by atoms with E-state index >= 15 is 0 Å². The Kier molecular flexibility index (Phi) is 1.22. The van der Waals surface area contributed by atoms with Gasteiger partial charge in [0, 0.05) is 16.1 Å². The molecule has 0 unspecified atom stereocenters. The molecule has 2 rings (SSSR count). The highest BCUT2D eigenvalue weighted by Gasteiger charge is 2.06. The van der Waals surface area contributed by atoms with Crippen LogP contribution in [0.1, 0.15) is 10.5 Å². The zero-order valence-corrected chi connectivity index (χ0v) is 6.31. The summed E-state index contributed by atoms with van der Waals surface area (Å²) in [6, 6.07) is 1.63. The van der Waals surface area contributed by atoms with Gasteiger partial charge in [0.2, 0.25) is 0 Å². The maximum absolute atomic E-state index is 10.4. The van der Waals surface area contributed by atoms with Gasteiger partial charge >= 0.3 is 5.97 Å². The summed E-state index contributed by atoms with van der Waals surface area (Å²) in [6.45, 7) is 0. The predicted octanol–water partition coefficient (Wildman–Crippen LogP) is 1.93. The molecule has 0 saturated carbocycles. The predicted molar refractivity (Wildman–Crippen MR) is 43.1 cm³/mol. The Morgan fingerprint density at radius 2 is 2.36 bits per heavy atom. The van der Waals surface area contributed by atoms with Crippen LogP contribution in [0.5, 0.6) is 0 Å². The molecule has 0 bridgehead atoms. The van der Waals surface area contributed by atoms with Gasteiger partial charge in [-0.25, -0.2) is 4.79 Å². The van der Waals surface area contributed by atoms with Crippen molar-refractivity contribution in [2.75, 3.05) is 0 Å². The van der Waals surface area contributed by atoms with Gasteiger partial charge in [0.25, 0.3) is 0 Å². The van der Waals surface area contributed by atoms with Gasteiger partial charge < -0.3 is 10.1 Å². The maximum Gasteiger partial charge on any atom is 0.352 e. The molecule has 2 aromatic heterocycles. The first-order valence-electron chi connectivity index (χ1n) is 3.05. The Hall–Kier alpha value is -1.29. The Morgan fingerprint density at radius 3 is 3.00 bits per heavy atom. The second kappa shape index (κ2) is 2.10. The second-order valence-electron chi connectivity index (χ2n) is 2.23. The Morgan fingerprint density at radius 1 is 1.55 bits per heavy atom. The minimum absolute atomic E-state index is 0.253. The third kappa shape index (κ3) is 0.914. The lowest BCUT2D eigenvalue weighted by molar-refractivity contribution is 0.0691. The number of thiophene rings is 1. The fourth-order valence-corrected chi connectivity index (χ4v) is 1.71. The standard InChI is InChI=1S/C7H5NO2S/c9-7(10)5-1-4-2-11-3-6(4)8-5/h1-3,8H,(H,9,10). The number of hydrogen-bond donors (Lipinski definition) is 2. The van der Waals surface area contributed by atoms with Crippen LogP contribution < -0.4 is 0 Å². The lowest BCUT2D eigenvalue weighted by atomic mass is 10.4. The number of carboxylic acid groups (broad SMARTS) is 1. The smallest absolute Gasteiger partial charge is 0.352 e. The molecular weight excluding hydrogens is 162 g/mol. The van der Waals surface area contributed by atoms with E-state index in [1.165, 1.54) is 0 Å². The summed E-state index contributed by atoms with van der Waals surface area (Å²) in [5.41, 5.74) is 1.15. The Balaban J connectivity index is 2.67. The largest absolute Gasteiger partial charge is 0.477 e. The van der Waals surface area contributed by atoms with Crippen molar-refractivity contribution in [3.05, 3.63) is 22.5 Å². The van der Waals surface area contributed by atoms with Crippen LogP contribution >= 0.6 is 11.3 Å². The number of carboxylic acids is 1. The highest BCUT2D eigenvalue weighted by atomic mass is 32.1. The first-order chi connectivity index (χ1) is 5.27. The van der Waals surface area contributed by atoms with Crippen LogP contribution in [0.2, 0.25) is 0 Å². The first kappa shape index (κ1) is 6.42. The number of aromatic amines is 1. The number of H-pyrrole nitrogens is 1. The number of fused-ring (bicyclic) bond motifs is 1. The molecule has 56 valence electrons. The molecule has 0 aliphatic rings. The van der Waals surface area contributed by atoms with Crippen molar-refractivity contribution in [2.45, 2.75) is 0 Å². The number of rotatable bonds is 1. The molecule has 0 spiro atoms. The van der Waals surface area contributed by atoms with E-state index in [9.17, 15) is 4.79 Å². The quantitative estimate of drug-likeness (QED) is 0.681. The number of aromatic nitrogens is 1. The molecule has 2 aromatic rings. The molecule has 4 heteroatoms. The van der Waals surface area contributed by atoms with E-state index in [1.54, 1.807) is 17.4 Å². The molecule has 0 saturated heterocycles. The van der Waals surface area contributed by atoms with E-state index in [-0.39, 0.29) is 5.69 Å². The lowest BCUT2D eigenvalue weighted by Crippen LogP contribution is -1.94. The van der Waals surface area contributed by atoms with Crippen LogP contribution in [0, 0.1) is 0 Å². The number of carbonyl (C=O) groups is 1. The van der Waals surface area contributed by atoms with E-state index in [2.05, 4.69) is 4.98 Å². The summed E-state index contributed by atoms with van der Waals surface area (Å²) < 4.78 is 0. The average molecular weight is 167 g/mol. The van der Waals surface area contributed by atoms with Gasteiger partial charge in [0.1, 0.15) is 5.69 Å². The number of aromatic carboxylic acids is 1. The van der Waals surface area contributed by atoms with Crippen LogP contribution in [-0.2, 0) is 0 Å². The Labute approximate surface area is 66.3 Å². The van der Waals surface area contributed by atoms with Crippen molar-refractivity contribution in [1.82, 2.24) is 4.98 Å². The van der Waals surface area contributed by atoms with Gasteiger partial charge in [0.05, 0.1) is 5.52 Å². The lowest BCUT2D eigenvalue weighted by Gasteiger charge is -1.82. The molecule has 0 aliphatic heterocycles. The Bertz CT molecular complexity index is 373. The van der Waals surface area contributed by atoms with E-state index in [4.69, 9.17) is 5.11 Å². The molecule has 3 nitrogen and oxygen atoms in total. The summed E-state index contributed by atoms with van der Waals surface area (Å²) in [6.07, 6.45) is 0. The minimum Gasteiger partial charge on any atom is -0.477 e. The molecule has 11 heavy (non-hydrogen) atoms. The topological polar surface area (TPSA) is 53.1 Å². The van der Waals surface area contributed by atoms with E-state index < -0.39 is 5.97 Å². The second-order valence-corrected chi connectivity index (χ2v) is 2.97. The summed E-state index contributed by atoms with van der Waals surface area (Å²) in [5, 5.41) is 13.3. The van der Waals surface area contributed by atoms with Crippen LogP contribution in [0.25, 0.3) is 10.9 Å². The maximum atomic E-state index is 10.4. The van der Waals surface area contributed by atoms with E-state index in [0.717, 1.165) is 10.9 Å². The SMILES string of the molecule is O=C(O)c1cc2cscc2[nH]1. The molecular formula is C7H5NO2S. The van der Waals surface area contributed by atoms with Crippen LogP contribution in [0.15, 0.2) is 16.8 Å². The fourth-order valence-electron chi connectivity index (χ4n) is 0.972. The molecule has 0 aromatic carbocycles. The normalized spacial score (nSPS) is 10.5. The van der Waals surface area contributed by atoms with Crippen LogP contribution in [0.3, 0.4) is 0 Å². The van der Waals surface area contributed by atoms with Gasteiger partial charge in [0.15, 0.2) is 0 Å². The van der Waals surface area contributed by atoms with E-state index in [0.29, 0.717) is 0 Å². The van der Waals surface area contributed by atoms with Crippen molar-refractivity contribution in [3.63, 3.8) is 0 Å². The van der Waals surface area contributed by atoms with Crippen molar-refractivity contribution < 1.29 is 9.90 Å². The highest BCUT2D eigenvalue weighted by molar-refractivity contribution is 7.09. The molecule has 0 amide bonds. The first-order valence-corrected chi connectivity index (χ1v) is 4.00. The minimum atomic E-state index is -0.911. The number of hydrogen-bond acceptors (Lipinski definition) is 2. The van der Waals surface area contributed by atoms with E-state index in [1.807, 2.05) is 10.8 Å². The molecule has 0 radical (unpaired) electrons. The third-order valence-electron chi connectivity index (χ3n) is 1.49. The van der Waals surface area contributed by atoms with Crippen molar-refractivity contribution in [1.29, 1.82) is 0 Å². The van der Waals surface area contributed by atoms with Crippen molar-refractivity contribution >= 4 is 28.2 Å². The number of nitrogens with one attached hydrogen (secondary N) is 1. The summed E-state index contributed by atoms with van der Waals surface area (Å²) in [7, 11) is 0. The molecule has 2 N–H and O–H groups in total. The average Bonchev–Trinajstić information content (AvgIpc) is 2.40. The molecule has 0 atom stereocenters. The van der Waals surface area contributed by atoms with Crippen LogP contribution in [-0.4, -0.2) is 16.1 Å². The highest BCUT2D eigenvalue weighted by Crippen LogP contribution is 2.19. The van der Waals surface area contributed by atoms with Gasteiger partial charge in [-0.15, -0.1) is 11.3 Å². The van der Waals surface area contributed by atoms with Crippen LogP contribution in [0.4, 0.5) is 0 Å². The van der Waals surface area contributed by atoms with Crippen molar-refractivity contribution in [2.24, 2.45) is 0 Å². The van der Waals surface area contributed by atoms with Gasteiger partial charge in [-0.05, 0) is 6.07 Å². The fraction of sp³-hybridized carbons (Fsp3) is 0. The zero-order chi connectivity index (χ0) is 7.84. The van der Waals surface area contributed by atoms with Gasteiger partial charge in [-0.2, -0.15) is 0 Å².